The van der Waals surface area contributed by atoms with E-state index in [0.29, 0.717) is 32.7 Å². The van der Waals surface area contributed by atoms with E-state index in [1.54, 1.807) is 42.5 Å². The highest BCUT2D eigenvalue weighted by atomic mass is 79.9. The van der Waals surface area contributed by atoms with Crippen molar-refractivity contribution >= 4 is 57.2 Å². The number of nitrogens with one attached hydrogen (secondary N) is 1. The number of carbonyl (C=O) groups excluding carboxylic acids is 2. The van der Waals surface area contributed by atoms with Gasteiger partial charge in [-0.15, -0.1) is 0 Å². The van der Waals surface area contributed by atoms with Gasteiger partial charge in [0.25, 0.3) is 5.91 Å². The van der Waals surface area contributed by atoms with Crippen LogP contribution in [0.1, 0.15) is 21.5 Å². The molecule has 0 aliphatic rings. The Labute approximate surface area is 203 Å². The Morgan fingerprint density at radius 2 is 1.75 bits per heavy atom. The zero-order chi connectivity index (χ0) is 23.1. The molecular formula is C23H17BrCl2N2O4. The molecule has 6 nitrogen and oxygen atoms in total. The summed E-state index contributed by atoms with van der Waals surface area (Å²) in [6.07, 6.45) is 1.37. The van der Waals surface area contributed by atoms with E-state index in [1.807, 2.05) is 19.1 Å². The summed E-state index contributed by atoms with van der Waals surface area (Å²) in [5, 5.41) is 4.67. The molecule has 3 rings (SSSR count). The molecule has 0 heterocycles. The fourth-order valence-corrected chi connectivity index (χ4v) is 3.35. The predicted molar refractivity (Wildman–Crippen MR) is 128 cm³/mol. The van der Waals surface area contributed by atoms with Crippen LogP contribution in [0.2, 0.25) is 10.0 Å². The molecule has 0 aliphatic carbocycles. The van der Waals surface area contributed by atoms with Crippen LogP contribution in [0.5, 0.6) is 11.5 Å². The van der Waals surface area contributed by atoms with Gasteiger partial charge >= 0.3 is 5.97 Å². The topological polar surface area (TPSA) is 77.0 Å². The number of hydrazone groups is 1. The lowest BCUT2D eigenvalue weighted by molar-refractivity contribution is -0.123. The van der Waals surface area contributed by atoms with Crippen molar-refractivity contribution in [2.75, 3.05) is 6.61 Å². The summed E-state index contributed by atoms with van der Waals surface area (Å²) in [7, 11) is 0. The highest BCUT2D eigenvalue weighted by molar-refractivity contribution is 9.10. The maximum Gasteiger partial charge on any atom is 0.343 e. The van der Waals surface area contributed by atoms with Crippen molar-refractivity contribution in [3.8, 4) is 11.5 Å². The fourth-order valence-electron chi connectivity index (χ4n) is 2.50. The van der Waals surface area contributed by atoms with Crippen molar-refractivity contribution < 1.29 is 19.1 Å². The molecule has 9 heteroatoms. The molecule has 0 saturated carbocycles. The third kappa shape index (κ3) is 6.82. The molecular weight excluding hydrogens is 519 g/mol. The number of esters is 1. The molecule has 0 unspecified atom stereocenters. The number of nitrogens with zero attached hydrogens (tertiary/aromatic N) is 1. The van der Waals surface area contributed by atoms with Gasteiger partial charge in [-0.2, -0.15) is 5.10 Å². The van der Waals surface area contributed by atoms with Gasteiger partial charge in [-0.1, -0.05) is 56.8 Å². The van der Waals surface area contributed by atoms with Gasteiger partial charge in [0.15, 0.2) is 6.61 Å². The molecule has 3 aromatic carbocycles. The zero-order valence-corrected chi connectivity index (χ0v) is 19.9. The van der Waals surface area contributed by atoms with E-state index in [-0.39, 0.29) is 6.61 Å². The molecule has 0 radical (unpaired) electrons. The molecule has 3 aromatic rings. The molecule has 164 valence electrons. The number of aryl methyl sites for hydroxylation is 1. The minimum Gasteiger partial charge on any atom is -0.482 e. The second kappa shape index (κ2) is 11.1. The van der Waals surface area contributed by atoms with Crippen LogP contribution in [0.25, 0.3) is 0 Å². The van der Waals surface area contributed by atoms with Gasteiger partial charge in [-0.3, -0.25) is 4.79 Å². The van der Waals surface area contributed by atoms with E-state index in [9.17, 15) is 9.59 Å². The third-order valence-corrected chi connectivity index (χ3v) is 5.13. The fraction of sp³-hybridized carbons (Fsp3) is 0.0870. The first kappa shape index (κ1) is 23.8. The Balaban J connectivity index is 1.62. The molecule has 0 spiro atoms. The van der Waals surface area contributed by atoms with E-state index >= 15 is 0 Å². The summed E-state index contributed by atoms with van der Waals surface area (Å²) in [5.74, 6) is -0.381. The van der Waals surface area contributed by atoms with E-state index in [1.165, 1.54) is 12.3 Å². The second-order valence-electron chi connectivity index (χ2n) is 6.59. The molecule has 0 bridgehead atoms. The summed E-state index contributed by atoms with van der Waals surface area (Å²) < 4.78 is 11.6. The largest absolute Gasteiger partial charge is 0.482 e. The first-order chi connectivity index (χ1) is 15.3. The number of ether oxygens (including phenoxy) is 2. The van der Waals surface area contributed by atoms with Crippen LogP contribution in [0.4, 0.5) is 0 Å². The van der Waals surface area contributed by atoms with Gasteiger partial charge < -0.3 is 9.47 Å². The molecule has 0 saturated heterocycles. The Kier molecular flexibility index (Phi) is 8.27. The summed E-state index contributed by atoms with van der Waals surface area (Å²) in [5.41, 5.74) is 4.30. The molecule has 0 aromatic heterocycles. The molecule has 0 fully saturated rings. The highest BCUT2D eigenvalue weighted by Crippen LogP contribution is 2.27. The maximum atomic E-state index is 12.4. The van der Waals surface area contributed by atoms with Crippen LogP contribution in [-0.2, 0) is 4.79 Å². The van der Waals surface area contributed by atoms with Crippen LogP contribution < -0.4 is 14.9 Å². The van der Waals surface area contributed by atoms with Gasteiger partial charge in [-0.05, 0) is 55.5 Å². The molecule has 1 N–H and O–H groups in total. The number of halogens is 3. The average Bonchev–Trinajstić information content (AvgIpc) is 2.75. The number of hydrogen-bond donors (Lipinski definition) is 1. The normalized spacial score (nSPS) is 10.8. The average molecular weight is 536 g/mol. The van der Waals surface area contributed by atoms with Crippen LogP contribution in [0, 0.1) is 6.92 Å². The number of rotatable bonds is 7. The van der Waals surface area contributed by atoms with Crippen LogP contribution in [-0.4, -0.2) is 24.7 Å². The first-order valence-electron chi connectivity index (χ1n) is 9.30. The molecule has 1 amide bonds. The minimum atomic E-state index is -0.501. The Hall–Kier alpha value is -2.87. The first-order valence-corrected chi connectivity index (χ1v) is 10.8. The van der Waals surface area contributed by atoms with Gasteiger partial charge in [0, 0.05) is 15.1 Å². The number of amides is 1. The lowest BCUT2D eigenvalue weighted by atomic mass is 10.1. The van der Waals surface area contributed by atoms with Crippen molar-refractivity contribution in [1.82, 2.24) is 5.43 Å². The summed E-state index contributed by atoms with van der Waals surface area (Å²) in [4.78, 5) is 24.4. The van der Waals surface area contributed by atoms with Crippen molar-refractivity contribution in [2.45, 2.75) is 6.92 Å². The van der Waals surface area contributed by atoms with E-state index in [0.717, 1.165) is 10.0 Å². The predicted octanol–water partition coefficient (Wildman–Crippen LogP) is 5.81. The smallest absolute Gasteiger partial charge is 0.343 e. The third-order valence-electron chi connectivity index (χ3n) is 4.11. The number of hydrogen-bond acceptors (Lipinski definition) is 5. The lowest BCUT2D eigenvalue weighted by Crippen LogP contribution is -2.24. The summed E-state index contributed by atoms with van der Waals surface area (Å²) in [6, 6.07) is 16.8. The Morgan fingerprint density at radius 3 is 2.47 bits per heavy atom. The quantitative estimate of drug-likeness (QED) is 0.179. The van der Waals surface area contributed by atoms with Gasteiger partial charge in [0.2, 0.25) is 0 Å². The van der Waals surface area contributed by atoms with E-state index in [4.69, 9.17) is 32.7 Å². The Bertz CT molecular complexity index is 1170. The summed E-state index contributed by atoms with van der Waals surface area (Å²) in [6.45, 7) is 1.63. The monoisotopic (exact) mass is 534 g/mol. The van der Waals surface area contributed by atoms with Crippen molar-refractivity contribution in [3.05, 3.63) is 91.9 Å². The van der Waals surface area contributed by atoms with Crippen molar-refractivity contribution in [1.29, 1.82) is 0 Å². The molecule has 0 atom stereocenters. The molecule has 0 aliphatic heterocycles. The van der Waals surface area contributed by atoms with Crippen LogP contribution >= 0.6 is 39.1 Å². The van der Waals surface area contributed by atoms with Crippen molar-refractivity contribution in [3.63, 3.8) is 0 Å². The number of benzene rings is 3. The SMILES string of the molecule is Cc1ccc(C(=O)Oc2ccc(Br)cc2C=NNC(=O)COc2ccc(Cl)cc2Cl)cc1. The molecule has 32 heavy (non-hydrogen) atoms. The maximum absolute atomic E-state index is 12.4. The Morgan fingerprint density at radius 1 is 1.03 bits per heavy atom. The lowest BCUT2D eigenvalue weighted by Gasteiger charge is -2.09. The van der Waals surface area contributed by atoms with Gasteiger partial charge in [-0.25, -0.2) is 10.2 Å². The van der Waals surface area contributed by atoms with Crippen LogP contribution in [0.15, 0.2) is 70.2 Å². The minimum absolute atomic E-state index is 0.293. The van der Waals surface area contributed by atoms with E-state index < -0.39 is 11.9 Å². The second-order valence-corrected chi connectivity index (χ2v) is 8.35. The van der Waals surface area contributed by atoms with Gasteiger partial charge in [0.05, 0.1) is 16.8 Å². The van der Waals surface area contributed by atoms with Crippen molar-refractivity contribution in [2.24, 2.45) is 5.10 Å². The standard InChI is InChI=1S/C23H17BrCl2N2O4/c1-14-2-4-15(5-3-14)23(30)32-20-8-6-17(24)10-16(20)12-27-28-22(29)13-31-21-9-7-18(25)11-19(21)26/h2-12H,13H2,1H3,(H,28,29). The zero-order valence-electron chi connectivity index (χ0n) is 16.8. The van der Waals surface area contributed by atoms with E-state index in [2.05, 4.69) is 26.5 Å². The summed E-state index contributed by atoms with van der Waals surface area (Å²) >= 11 is 15.2. The van der Waals surface area contributed by atoms with Crippen LogP contribution in [0.3, 0.4) is 0 Å². The number of carbonyl (C=O) groups is 2. The highest BCUT2D eigenvalue weighted by Gasteiger charge is 2.12. The van der Waals surface area contributed by atoms with Gasteiger partial charge in [0.1, 0.15) is 11.5 Å².